The fraction of sp³-hybridized carbons (Fsp3) is 0.158. The Balaban J connectivity index is 1.50. The smallest absolute Gasteiger partial charge is 0.120 e. The quantitative estimate of drug-likeness (QED) is 0.572. The Labute approximate surface area is 134 Å². The number of aryl methyl sites for hydroxylation is 1. The molecule has 0 unspecified atom stereocenters. The first-order chi connectivity index (χ1) is 11.3. The van der Waals surface area contributed by atoms with E-state index in [1.807, 2.05) is 42.1 Å². The normalized spacial score (nSPS) is 11.2. The van der Waals surface area contributed by atoms with Gasteiger partial charge in [0, 0.05) is 17.8 Å². The highest BCUT2D eigenvalue weighted by Crippen LogP contribution is 2.21. The first kappa shape index (κ1) is 13.8. The molecule has 2 heterocycles. The molecule has 114 valence electrons. The predicted molar refractivity (Wildman–Crippen MR) is 91.7 cm³/mol. The van der Waals surface area contributed by atoms with Crippen LogP contribution in [0.4, 0.5) is 0 Å². The van der Waals surface area contributed by atoms with Gasteiger partial charge in [-0.1, -0.05) is 30.3 Å². The molecule has 2 aromatic heterocycles. The minimum absolute atomic E-state index is 0.580. The van der Waals surface area contributed by atoms with Crippen molar-refractivity contribution in [3.05, 3.63) is 66.6 Å². The fourth-order valence-corrected chi connectivity index (χ4v) is 2.86. The topological polar surface area (TPSA) is 39.9 Å². The second kappa shape index (κ2) is 5.72. The van der Waals surface area contributed by atoms with Gasteiger partial charge in [0.25, 0.3) is 0 Å². The number of benzene rings is 2. The molecule has 4 rings (SSSR count). The van der Waals surface area contributed by atoms with Gasteiger partial charge in [-0.3, -0.25) is 9.67 Å². The van der Waals surface area contributed by atoms with Gasteiger partial charge < -0.3 is 4.74 Å². The molecule has 0 amide bonds. The molecule has 0 atom stereocenters. The van der Waals surface area contributed by atoms with Crippen LogP contribution in [-0.2, 0) is 6.54 Å². The highest BCUT2D eigenvalue weighted by atomic mass is 16.5. The van der Waals surface area contributed by atoms with Crippen molar-refractivity contribution in [3.63, 3.8) is 0 Å². The van der Waals surface area contributed by atoms with Crippen molar-refractivity contribution >= 4 is 21.7 Å². The minimum Gasteiger partial charge on any atom is -0.492 e. The zero-order valence-corrected chi connectivity index (χ0v) is 12.9. The number of hydrogen-bond acceptors (Lipinski definition) is 3. The number of fused-ring (bicyclic) bond motifs is 2. The van der Waals surface area contributed by atoms with Crippen LogP contribution in [0.5, 0.6) is 5.75 Å². The molecule has 0 aliphatic carbocycles. The molecule has 4 nitrogen and oxygen atoms in total. The number of ether oxygens (including phenoxy) is 1. The average Bonchev–Trinajstić information content (AvgIpc) is 2.91. The average molecular weight is 303 g/mol. The van der Waals surface area contributed by atoms with Crippen molar-refractivity contribution in [2.75, 3.05) is 6.61 Å². The molecule has 4 aromatic rings. The Morgan fingerprint density at radius 1 is 1.04 bits per heavy atom. The van der Waals surface area contributed by atoms with Gasteiger partial charge in [-0.25, -0.2) is 0 Å². The van der Waals surface area contributed by atoms with Crippen LogP contribution in [0.1, 0.15) is 5.69 Å². The maximum Gasteiger partial charge on any atom is 0.120 e. The Morgan fingerprint density at radius 2 is 1.91 bits per heavy atom. The lowest BCUT2D eigenvalue weighted by atomic mass is 10.1. The second-order valence-electron chi connectivity index (χ2n) is 5.56. The van der Waals surface area contributed by atoms with E-state index in [-0.39, 0.29) is 0 Å². The summed E-state index contributed by atoms with van der Waals surface area (Å²) in [6.07, 6.45) is 3.66. The second-order valence-corrected chi connectivity index (χ2v) is 5.56. The standard InChI is InChI=1S/C19H17N3O/c1-14-18-13-20-9-8-19(18)22(21-14)10-11-23-17-7-6-15-4-2-3-5-16(15)12-17/h2-9,12-13H,10-11H2,1H3. The molecular weight excluding hydrogens is 286 g/mol. The zero-order valence-electron chi connectivity index (χ0n) is 12.9. The van der Waals surface area contributed by atoms with Crippen molar-refractivity contribution in [2.45, 2.75) is 13.5 Å². The summed E-state index contributed by atoms with van der Waals surface area (Å²) in [7, 11) is 0. The van der Waals surface area contributed by atoms with Gasteiger partial charge >= 0.3 is 0 Å². The van der Waals surface area contributed by atoms with Crippen molar-refractivity contribution < 1.29 is 4.74 Å². The van der Waals surface area contributed by atoms with E-state index in [0.29, 0.717) is 13.2 Å². The van der Waals surface area contributed by atoms with E-state index < -0.39 is 0 Å². The summed E-state index contributed by atoms with van der Waals surface area (Å²) in [6, 6.07) is 16.5. The summed E-state index contributed by atoms with van der Waals surface area (Å²) in [5.74, 6) is 0.888. The molecule has 0 aliphatic rings. The molecule has 0 radical (unpaired) electrons. The van der Waals surface area contributed by atoms with Gasteiger partial charge in [-0.2, -0.15) is 5.10 Å². The van der Waals surface area contributed by atoms with Crippen LogP contribution in [0, 0.1) is 6.92 Å². The molecule has 2 aromatic carbocycles. The van der Waals surface area contributed by atoms with Gasteiger partial charge in [0.15, 0.2) is 0 Å². The molecule has 0 fully saturated rings. The lowest BCUT2D eigenvalue weighted by Crippen LogP contribution is -2.09. The van der Waals surface area contributed by atoms with Gasteiger partial charge in [-0.15, -0.1) is 0 Å². The highest BCUT2D eigenvalue weighted by Gasteiger charge is 2.06. The lowest BCUT2D eigenvalue weighted by molar-refractivity contribution is 0.294. The molecular formula is C19H17N3O. The maximum atomic E-state index is 5.90. The summed E-state index contributed by atoms with van der Waals surface area (Å²) >= 11 is 0. The first-order valence-corrected chi connectivity index (χ1v) is 7.70. The predicted octanol–water partition coefficient (Wildman–Crippen LogP) is 3.97. The van der Waals surface area contributed by atoms with Crippen LogP contribution in [-0.4, -0.2) is 21.4 Å². The van der Waals surface area contributed by atoms with Gasteiger partial charge in [-0.05, 0) is 35.9 Å². The Kier molecular flexibility index (Phi) is 3.42. The van der Waals surface area contributed by atoms with E-state index in [0.717, 1.165) is 22.3 Å². The van der Waals surface area contributed by atoms with Crippen LogP contribution in [0.25, 0.3) is 21.7 Å². The molecule has 4 heteroatoms. The number of nitrogens with zero attached hydrogens (tertiary/aromatic N) is 3. The van der Waals surface area contributed by atoms with Gasteiger partial charge in [0.05, 0.1) is 17.8 Å². The van der Waals surface area contributed by atoms with E-state index in [1.165, 1.54) is 10.8 Å². The Morgan fingerprint density at radius 3 is 2.83 bits per heavy atom. The third-order valence-corrected chi connectivity index (χ3v) is 4.03. The minimum atomic E-state index is 0.580. The third kappa shape index (κ3) is 2.63. The van der Waals surface area contributed by atoms with Crippen LogP contribution >= 0.6 is 0 Å². The molecule has 0 saturated carbocycles. The van der Waals surface area contributed by atoms with Crippen LogP contribution < -0.4 is 4.74 Å². The number of rotatable bonds is 4. The summed E-state index contributed by atoms with van der Waals surface area (Å²) in [5.41, 5.74) is 2.10. The van der Waals surface area contributed by atoms with E-state index in [4.69, 9.17) is 4.74 Å². The maximum absolute atomic E-state index is 5.90. The molecule has 0 N–H and O–H groups in total. The Hall–Kier alpha value is -2.88. The van der Waals surface area contributed by atoms with Crippen LogP contribution in [0.3, 0.4) is 0 Å². The van der Waals surface area contributed by atoms with Crippen molar-refractivity contribution in [1.82, 2.24) is 14.8 Å². The largest absolute Gasteiger partial charge is 0.492 e. The number of pyridine rings is 1. The third-order valence-electron chi connectivity index (χ3n) is 4.03. The van der Waals surface area contributed by atoms with Crippen molar-refractivity contribution in [1.29, 1.82) is 0 Å². The molecule has 0 aliphatic heterocycles. The van der Waals surface area contributed by atoms with E-state index in [9.17, 15) is 0 Å². The van der Waals surface area contributed by atoms with Crippen LogP contribution in [0.15, 0.2) is 60.9 Å². The zero-order chi connectivity index (χ0) is 15.6. The van der Waals surface area contributed by atoms with E-state index in [2.05, 4.69) is 34.3 Å². The van der Waals surface area contributed by atoms with Gasteiger partial charge in [0.1, 0.15) is 12.4 Å². The summed E-state index contributed by atoms with van der Waals surface area (Å²) < 4.78 is 7.88. The number of aromatic nitrogens is 3. The summed E-state index contributed by atoms with van der Waals surface area (Å²) in [6.45, 7) is 3.29. The monoisotopic (exact) mass is 303 g/mol. The van der Waals surface area contributed by atoms with E-state index in [1.54, 1.807) is 6.20 Å². The van der Waals surface area contributed by atoms with E-state index >= 15 is 0 Å². The molecule has 0 saturated heterocycles. The highest BCUT2D eigenvalue weighted by molar-refractivity contribution is 5.83. The summed E-state index contributed by atoms with van der Waals surface area (Å²) in [5, 5.41) is 8.08. The van der Waals surface area contributed by atoms with Gasteiger partial charge in [0.2, 0.25) is 0 Å². The SMILES string of the molecule is Cc1nn(CCOc2ccc3ccccc3c2)c2ccncc12. The molecule has 0 bridgehead atoms. The fourth-order valence-electron chi connectivity index (χ4n) is 2.86. The lowest BCUT2D eigenvalue weighted by Gasteiger charge is -2.08. The number of hydrogen-bond donors (Lipinski definition) is 0. The van der Waals surface area contributed by atoms with Crippen LogP contribution in [0.2, 0.25) is 0 Å². The first-order valence-electron chi connectivity index (χ1n) is 7.70. The summed E-state index contributed by atoms with van der Waals surface area (Å²) in [4.78, 5) is 4.16. The van der Waals surface area contributed by atoms with Crippen molar-refractivity contribution in [3.8, 4) is 5.75 Å². The Bertz CT molecular complexity index is 975. The molecule has 0 spiro atoms. The van der Waals surface area contributed by atoms with Crippen molar-refractivity contribution in [2.24, 2.45) is 0 Å². The molecule has 23 heavy (non-hydrogen) atoms.